The number of methoxy groups -OCH3 is 1. The third-order valence-corrected chi connectivity index (χ3v) is 5.51. The van der Waals surface area contributed by atoms with Crippen LogP contribution in [0.25, 0.3) is 10.2 Å². The number of carbonyl (C=O) groups is 2. The lowest BCUT2D eigenvalue weighted by atomic mass is 10.0. The van der Waals surface area contributed by atoms with Crippen LogP contribution in [0.1, 0.15) is 6.42 Å². The summed E-state index contributed by atoms with van der Waals surface area (Å²) < 4.78 is 80.8. The van der Waals surface area contributed by atoms with Gasteiger partial charge in [-0.3, -0.25) is 9.59 Å². The summed E-state index contributed by atoms with van der Waals surface area (Å²) in [7, 11) is 1.23. The van der Waals surface area contributed by atoms with Crippen molar-refractivity contribution in [2.45, 2.75) is 23.1 Å². The summed E-state index contributed by atoms with van der Waals surface area (Å²) in [5, 5.41) is 2.04. The number of ether oxygens (including phenoxy) is 1. The summed E-state index contributed by atoms with van der Waals surface area (Å²) in [6.45, 7) is 0. The minimum Gasteiger partial charge on any atom is -0.468 e. The average Bonchev–Trinajstić information content (AvgIpc) is 2.97. The predicted molar refractivity (Wildman–Crippen MR) is 91.2 cm³/mol. The monoisotopic (exact) mass is 446 g/mol. The third-order valence-electron chi connectivity index (χ3n) is 3.37. The van der Waals surface area contributed by atoms with Gasteiger partial charge in [-0.25, -0.2) is 4.98 Å². The van der Waals surface area contributed by atoms with Crippen molar-refractivity contribution in [3.8, 4) is 0 Å². The molecule has 0 unspecified atom stereocenters. The number of rotatable bonds is 6. The molecule has 13 heteroatoms. The van der Waals surface area contributed by atoms with E-state index < -0.39 is 36.6 Å². The second-order valence-electron chi connectivity index (χ2n) is 5.42. The van der Waals surface area contributed by atoms with Gasteiger partial charge in [0.1, 0.15) is 0 Å². The van der Waals surface area contributed by atoms with Crippen molar-refractivity contribution < 1.29 is 40.7 Å². The van der Waals surface area contributed by atoms with Gasteiger partial charge in [0.25, 0.3) is 0 Å². The van der Waals surface area contributed by atoms with Gasteiger partial charge in [0.05, 0.1) is 23.1 Å². The summed E-state index contributed by atoms with van der Waals surface area (Å²) in [4.78, 5) is 27.0. The maximum atomic E-state index is 12.5. The highest BCUT2D eigenvalue weighted by molar-refractivity contribution is 8.01. The van der Waals surface area contributed by atoms with Crippen molar-refractivity contribution in [1.82, 2.24) is 4.98 Å². The van der Waals surface area contributed by atoms with Gasteiger partial charge in [-0.05, 0) is 18.2 Å². The first-order chi connectivity index (χ1) is 12.9. The third kappa shape index (κ3) is 5.99. The first kappa shape index (κ1) is 22.3. The molecule has 1 aromatic carbocycles. The Hall–Kier alpha value is -2.02. The van der Waals surface area contributed by atoms with Gasteiger partial charge in [-0.15, -0.1) is 11.3 Å². The van der Waals surface area contributed by atoms with Crippen LogP contribution in [0.5, 0.6) is 0 Å². The number of amides is 1. The van der Waals surface area contributed by atoms with E-state index in [-0.39, 0.29) is 11.4 Å². The molecule has 1 N–H and O–H groups in total. The molecule has 1 amide bonds. The summed E-state index contributed by atoms with van der Waals surface area (Å²) in [5.41, 5.74) is 0.535. The number of anilines is 1. The number of fused-ring (bicyclic) bond motifs is 1. The zero-order valence-corrected chi connectivity index (χ0v) is 15.6. The summed E-state index contributed by atoms with van der Waals surface area (Å²) >= 11 is 2.25. The molecule has 0 spiro atoms. The Morgan fingerprint density at radius 3 is 2.43 bits per heavy atom. The lowest BCUT2D eigenvalue weighted by Crippen LogP contribution is -2.39. The molecule has 1 heterocycles. The van der Waals surface area contributed by atoms with Gasteiger partial charge in [0.2, 0.25) is 5.91 Å². The van der Waals surface area contributed by atoms with Crippen LogP contribution in [0.4, 0.5) is 32.0 Å². The van der Waals surface area contributed by atoms with Crippen LogP contribution in [-0.4, -0.2) is 42.1 Å². The fourth-order valence-electron chi connectivity index (χ4n) is 2.04. The number of halogens is 6. The van der Waals surface area contributed by atoms with E-state index in [2.05, 4.69) is 9.72 Å². The lowest BCUT2D eigenvalue weighted by Gasteiger charge is -2.22. The molecule has 0 atom stereocenters. The molecule has 28 heavy (non-hydrogen) atoms. The molecule has 5 nitrogen and oxygen atoms in total. The fourth-order valence-corrected chi connectivity index (χ4v) is 3.98. The molecule has 0 aliphatic rings. The van der Waals surface area contributed by atoms with Crippen molar-refractivity contribution in [2.24, 2.45) is 5.92 Å². The highest BCUT2D eigenvalue weighted by atomic mass is 32.2. The van der Waals surface area contributed by atoms with Gasteiger partial charge >= 0.3 is 18.3 Å². The number of aromatic nitrogens is 1. The molecule has 1 aromatic heterocycles. The molecule has 0 saturated carbocycles. The van der Waals surface area contributed by atoms with E-state index in [1.54, 1.807) is 0 Å². The minimum atomic E-state index is -5.58. The SMILES string of the molecule is COC(=O)CSc1nc2ccc(NC(=O)CC(C(F)(F)F)C(F)(F)F)cc2s1. The number of esters is 1. The van der Waals surface area contributed by atoms with Crippen LogP contribution >= 0.6 is 23.1 Å². The first-order valence-electron chi connectivity index (χ1n) is 7.43. The van der Waals surface area contributed by atoms with Crippen LogP contribution in [0.3, 0.4) is 0 Å². The number of nitrogens with one attached hydrogen (secondary N) is 1. The van der Waals surface area contributed by atoms with Gasteiger partial charge < -0.3 is 10.1 Å². The summed E-state index contributed by atoms with van der Waals surface area (Å²) in [6, 6.07) is 4.14. The van der Waals surface area contributed by atoms with Crippen LogP contribution in [0.2, 0.25) is 0 Å². The fraction of sp³-hybridized carbons (Fsp3) is 0.400. The molecule has 154 valence electrons. The first-order valence-corrected chi connectivity index (χ1v) is 9.24. The van der Waals surface area contributed by atoms with Crippen molar-refractivity contribution >= 4 is 50.9 Å². The lowest BCUT2D eigenvalue weighted by molar-refractivity contribution is -0.283. The molecule has 0 saturated heterocycles. The number of benzene rings is 1. The Bertz CT molecular complexity index is 852. The highest BCUT2D eigenvalue weighted by Crippen LogP contribution is 2.41. The Balaban J connectivity index is 2.09. The number of hydrogen-bond donors (Lipinski definition) is 1. The number of nitrogens with zero attached hydrogens (tertiary/aromatic N) is 1. The standard InChI is InChI=1S/C15H12F6N2O3S2/c1-26-12(25)6-27-13-23-8-3-2-7(4-9(8)28-13)22-11(24)5-10(14(16,17)18)15(19,20)21/h2-4,10H,5-6H2,1H3,(H,22,24). The number of carbonyl (C=O) groups excluding carboxylic acids is 2. The summed E-state index contributed by atoms with van der Waals surface area (Å²) in [6.07, 6.45) is -12.9. The van der Waals surface area contributed by atoms with E-state index in [9.17, 15) is 35.9 Å². The number of alkyl halides is 6. The zero-order chi connectivity index (χ0) is 21.1. The molecule has 2 rings (SSSR count). The molecule has 0 aliphatic heterocycles. The number of hydrogen-bond acceptors (Lipinski definition) is 6. The van der Waals surface area contributed by atoms with E-state index in [1.807, 2.05) is 5.32 Å². The molecule has 0 bridgehead atoms. The van der Waals surface area contributed by atoms with E-state index >= 15 is 0 Å². The van der Waals surface area contributed by atoms with Gasteiger partial charge in [-0.1, -0.05) is 11.8 Å². The number of thiazole rings is 1. The molecular formula is C15H12F6N2O3S2. The van der Waals surface area contributed by atoms with Crippen LogP contribution in [0.15, 0.2) is 22.5 Å². The van der Waals surface area contributed by atoms with Crippen molar-refractivity contribution in [3.63, 3.8) is 0 Å². The van der Waals surface area contributed by atoms with E-state index in [1.165, 1.54) is 25.3 Å². The van der Waals surface area contributed by atoms with Crippen molar-refractivity contribution in [3.05, 3.63) is 18.2 Å². The van der Waals surface area contributed by atoms with Gasteiger partial charge in [0, 0.05) is 12.1 Å². The van der Waals surface area contributed by atoms with Crippen LogP contribution in [0, 0.1) is 5.92 Å². The van der Waals surface area contributed by atoms with Gasteiger partial charge in [-0.2, -0.15) is 26.3 Å². The van der Waals surface area contributed by atoms with E-state index in [4.69, 9.17) is 0 Å². The van der Waals surface area contributed by atoms with Crippen LogP contribution < -0.4 is 5.32 Å². The smallest absolute Gasteiger partial charge is 0.400 e. The summed E-state index contributed by atoms with van der Waals surface area (Å²) in [5.74, 6) is -5.59. The molecular weight excluding hydrogens is 434 g/mol. The maximum absolute atomic E-state index is 12.5. The predicted octanol–water partition coefficient (Wildman–Crippen LogP) is 4.63. The molecule has 0 radical (unpaired) electrons. The van der Waals surface area contributed by atoms with E-state index in [0.29, 0.717) is 14.6 Å². The van der Waals surface area contributed by atoms with E-state index in [0.717, 1.165) is 23.1 Å². The molecule has 2 aromatic rings. The van der Waals surface area contributed by atoms with Crippen molar-refractivity contribution in [1.29, 1.82) is 0 Å². The Kier molecular flexibility index (Phi) is 6.80. The zero-order valence-electron chi connectivity index (χ0n) is 14.0. The molecule has 0 fully saturated rings. The number of thioether (sulfide) groups is 1. The quantitative estimate of drug-likeness (QED) is 0.398. The molecule has 0 aliphatic carbocycles. The maximum Gasteiger partial charge on any atom is 0.400 e. The Morgan fingerprint density at radius 2 is 1.86 bits per heavy atom. The second-order valence-corrected chi connectivity index (χ2v) is 7.67. The van der Waals surface area contributed by atoms with Gasteiger partial charge in [0.15, 0.2) is 10.3 Å². The largest absolute Gasteiger partial charge is 0.468 e. The Labute approximate surface area is 162 Å². The second kappa shape index (κ2) is 8.55. The normalized spacial score (nSPS) is 12.4. The Morgan fingerprint density at radius 1 is 1.21 bits per heavy atom. The minimum absolute atomic E-state index is 0.0240. The topological polar surface area (TPSA) is 68.3 Å². The highest BCUT2D eigenvalue weighted by Gasteiger charge is 2.57. The van der Waals surface area contributed by atoms with Crippen molar-refractivity contribution in [2.75, 3.05) is 18.2 Å². The average molecular weight is 446 g/mol. The van der Waals surface area contributed by atoms with Crippen LogP contribution in [-0.2, 0) is 14.3 Å².